The first-order valence-corrected chi connectivity index (χ1v) is 9.72. The van der Waals surface area contributed by atoms with Crippen LogP contribution in [0, 0.1) is 0 Å². The summed E-state index contributed by atoms with van der Waals surface area (Å²) in [6, 6.07) is 20.1. The molecule has 0 saturated carbocycles. The Morgan fingerprint density at radius 1 is 1.11 bits per heavy atom. The monoisotopic (exact) mass is 396 g/mol. The second-order valence-corrected chi connectivity index (χ2v) is 7.18. The molecule has 0 amide bonds. The third kappa shape index (κ3) is 4.84. The largest absolute Gasteiger partial charge is 0.502 e. The van der Waals surface area contributed by atoms with Crippen molar-refractivity contribution in [2.24, 2.45) is 0 Å². The molecule has 0 saturated heterocycles. The van der Waals surface area contributed by atoms with Gasteiger partial charge in [-0.25, -0.2) is 0 Å². The lowest BCUT2D eigenvalue weighted by molar-refractivity contribution is -0.140. The number of rotatable bonds is 7. The van der Waals surface area contributed by atoms with E-state index in [4.69, 9.17) is 9.15 Å². The number of aromatic hydroxyl groups is 1. The molecular weight excluding hydrogens is 376 g/mol. The first kappa shape index (κ1) is 19.8. The van der Waals surface area contributed by atoms with Crippen LogP contribution in [0.25, 0.3) is 0 Å². The summed E-state index contributed by atoms with van der Waals surface area (Å²) >= 11 is 1.52. The highest BCUT2D eigenvalue weighted by Gasteiger charge is 2.26. The summed E-state index contributed by atoms with van der Waals surface area (Å²) in [6.45, 7) is 0. The van der Waals surface area contributed by atoms with Gasteiger partial charge < -0.3 is 14.3 Å². The maximum absolute atomic E-state index is 12.3. The number of ether oxygens (including phenoxy) is 1. The van der Waals surface area contributed by atoms with Crippen LogP contribution in [0.15, 0.2) is 80.8 Å². The molecule has 0 fully saturated rings. The molecule has 1 aromatic heterocycles. The molecule has 1 unspecified atom stereocenters. The van der Waals surface area contributed by atoms with E-state index in [1.165, 1.54) is 24.9 Å². The molecule has 144 valence electrons. The number of carbonyl (C=O) groups is 1. The van der Waals surface area contributed by atoms with E-state index < -0.39 is 23.1 Å². The predicted octanol–water partition coefficient (Wildman–Crippen LogP) is 4.33. The van der Waals surface area contributed by atoms with Gasteiger partial charge in [-0.3, -0.25) is 9.59 Å². The fourth-order valence-electron chi connectivity index (χ4n) is 2.83. The van der Waals surface area contributed by atoms with E-state index in [0.29, 0.717) is 11.5 Å². The Morgan fingerprint density at radius 3 is 2.39 bits per heavy atom. The molecule has 2 aromatic carbocycles. The van der Waals surface area contributed by atoms with Crippen molar-refractivity contribution in [3.63, 3.8) is 0 Å². The van der Waals surface area contributed by atoms with Gasteiger partial charge in [0.25, 0.3) is 0 Å². The minimum Gasteiger partial charge on any atom is -0.502 e. The van der Waals surface area contributed by atoms with Gasteiger partial charge in [-0.15, -0.1) is 11.8 Å². The highest BCUT2D eigenvalue weighted by atomic mass is 32.2. The predicted molar refractivity (Wildman–Crippen MR) is 108 cm³/mol. The van der Waals surface area contributed by atoms with E-state index in [2.05, 4.69) is 0 Å². The molecule has 1 atom stereocenters. The average molecular weight is 396 g/mol. The second-order valence-electron chi connectivity index (χ2n) is 6.14. The molecule has 0 bridgehead atoms. The first-order valence-electron chi connectivity index (χ1n) is 8.74. The fourth-order valence-corrected chi connectivity index (χ4v) is 3.63. The minimum atomic E-state index is -0.622. The van der Waals surface area contributed by atoms with E-state index in [1.807, 2.05) is 60.7 Å². The maximum Gasteiger partial charge on any atom is 0.306 e. The van der Waals surface area contributed by atoms with Crippen molar-refractivity contribution in [2.45, 2.75) is 23.0 Å². The van der Waals surface area contributed by atoms with Crippen LogP contribution in [-0.2, 0) is 15.3 Å². The van der Waals surface area contributed by atoms with Crippen molar-refractivity contribution >= 4 is 17.7 Å². The molecular formula is C22H20O5S. The van der Waals surface area contributed by atoms with Crippen molar-refractivity contribution in [3.05, 3.63) is 94.0 Å². The van der Waals surface area contributed by atoms with Crippen LogP contribution in [0.1, 0.15) is 29.4 Å². The topological polar surface area (TPSA) is 76.7 Å². The van der Waals surface area contributed by atoms with Gasteiger partial charge in [-0.2, -0.15) is 0 Å². The molecule has 0 aliphatic carbocycles. The minimum absolute atomic E-state index is 0.0493. The van der Waals surface area contributed by atoms with Crippen molar-refractivity contribution in [3.8, 4) is 5.75 Å². The fraction of sp³-hybridized carbons (Fsp3) is 0.182. The molecule has 3 aromatic rings. The van der Waals surface area contributed by atoms with E-state index in [9.17, 15) is 14.7 Å². The SMILES string of the molecule is COC(=O)CC(c1ccccc1)c1oc(CSc2ccccc2)cc(=O)c1O. The lowest BCUT2D eigenvalue weighted by Crippen LogP contribution is -2.14. The highest BCUT2D eigenvalue weighted by Crippen LogP contribution is 2.34. The molecule has 28 heavy (non-hydrogen) atoms. The number of hydrogen-bond acceptors (Lipinski definition) is 6. The van der Waals surface area contributed by atoms with Gasteiger partial charge in [-0.1, -0.05) is 48.5 Å². The van der Waals surface area contributed by atoms with Crippen molar-refractivity contribution in [1.82, 2.24) is 0 Å². The summed E-state index contributed by atoms with van der Waals surface area (Å²) in [5.41, 5.74) is 0.218. The number of hydrogen-bond donors (Lipinski definition) is 1. The Balaban J connectivity index is 1.96. The van der Waals surface area contributed by atoms with Crippen molar-refractivity contribution in [2.75, 3.05) is 7.11 Å². The number of methoxy groups -OCH3 is 1. The van der Waals surface area contributed by atoms with Crippen LogP contribution >= 0.6 is 11.8 Å². The first-order chi connectivity index (χ1) is 13.6. The number of thioether (sulfide) groups is 1. The zero-order valence-electron chi connectivity index (χ0n) is 15.3. The molecule has 1 N–H and O–H groups in total. The van der Waals surface area contributed by atoms with Crippen LogP contribution in [0.3, 0.4) is 0 Å². The van der Waals surface area contributed by atoms with Gasteiger partial charge in [0.2, 0.25) is 11.2 Å². The number of benzene rings is 2. The Labute approximate surface area is 167 Å². The normalized spacial score (nSPS) is 11.8. The van der Waals surface area contributed by atoms with E-state index in [0.717, 1.165) is 10.5 Å². The molecule has 0 radical (unpaired) electrons. The summed E-state index contributed by atoms with van der Waals surface area (Å²) in [7, 11) is 1.30. The smallest absolute Gasteiger partial charge is 0.306 e. The Kier molecular flexibility index (Phi) is 6.55. The Morgan fingerprint density at radius 2 is 1.75 bits per heavy atom. The van der Waals surface area contributed by atoms with Crippen molar-refractivity contribution < 1.29 is 19.1 Å². The standard InChI is InChI=1S/C22H20O5S/c1-26-20(24)13-18(15-8-4-2-5-9-15)22-21(25)19(23)12-16(27-22)14-28-17-10-6-3-7-11-17/h2-12,18,25H,13-14H2,1H3. The quantitative estimate of drug-likeness (QED) is 0.473. The van der Waals surface area contributed by atoms with Crippen LogP contribution < -0.4 is 5.43 Å². The van der Waals surface area contributed by atoms with Gasteiger partial charge in [0, 0.05) is 11.0 Å². The molecule has 0 spiro atoms. The zero-order valence-corrected chi connectivity index (χ0v) is 16.1. The Bertz CT molecular complexity index is 983. The van der Waals surface area contributed by atoms with Gasteiger partial charge >= 0.3 is 5.97 Å². The molecule has 0 aliphatic rings. The van der Waals surface area contributed by atoms with Crippen LogP contribution in [-0.4, -0.2) is 18.2 Å². The summed E-state index contributed by atoms with van der Waals surface area (Å²) in [4.78, 5) is 25.3. The summed E-state index contributed by atoms with van der Waals surface area (Å²) in [5.74, 6) is -0.633. The van der Waals surface area contributed by atoms with E-state index in [-0.39, 0.29) is 12.2 Å². The third-order valence-corrected chi connectivity index (χ3v) is 5.28. The lowest BCUT2D eigenvalue weighted by Gasteiger charge is -2.17. The maximum atomic E-state index is 12.3. The van der Waals surface area contributed by atoms with Crippen molar-refractivity contribution in [1.29, 1.82) is 0 Å². The molecule has 5 nitrogen and oxygen atoms in total. The van der Waals surface area contributed by atoms with Crippen LogP contribution in [0.5, 0.6) is 5.75 Å². The second kappa shape index (κ2) is 9.28. The van der Waals surface area contributed by atoms with Crippen LogP contribution in [0.4, 0.5) is 0 Å². The molecule has 0 aliphatic heterocycles. The molecule has 1 heterocycles. The van der Waals surface area contributed by atoms with E-state index in [1.54, 1.807) is 0 Å². The highest BCUT2D eigenvalue weighted by molar-refractivity contribution is 7.98. The summed E-state index contributed by atoms with van der Waals surface area (Å²) < 4.78 is 10.7. The third-order valence-electron chi connectivity index (χ3n) is 4.24. The lowest BCUT2D eigenvalue weighted by atomic mass is 9.92. The number of esters is 1. The summed E-state index contributed by atoms with van der Waals surface area (Å²) in [5, 5.41) is 10.4. The Hall–Kier alpha value is -2.99. The average Bonchev–Trinajstić information content (AvgIpc) is 2.74. The zero-order chi connectivity index (χ0) is 19.9. The van der Waals surface area contributed by atoms with Gasteiger partial charge in [0.1, 0.15) is 5.76 Å². The van der Waals surface area contributed by atoms with Crippen LogP contribution in [0.2, 0.25) is 0 Å². The molecule has 6 heteroatoms. The summed E-state index contributed by atoms with van der Waals surface area (Å²) in [6.07, 6.45) is -0.0493. The van der Waals surface area contributed by atoms with E-state index >= 15 is 0 Å². The number of carbonyl (C=O) groups excluding carboxylic acids is 1. The van der Waals surface area contributed by atoms with Gasteiger partial charge in [-0.05, 0) is 17.7 Å². The van der Waals surface area contributed by atoms with Gasteiger partial charge in [0.15, 0.2) is 5.76 Å². The van der Waals surface area contributed by atoms with Gasteiger partial charge in [0.05, 0.1) is 25.2 Å². The molecule has 3 rings (SSSR count).